The number of aliphatic carboxylic acids is 1. The minimum Gasteiger partial charge on any atom is -0.497 e. The standard InChI is InChI=1S/C20H19NO6/c1-24-16-4-6-17(7-5-16)26-9-10-27-19-12-14(3-8-18(19)25-2)11-15(13-21)20(22)23/h3-8,11-12H,9-10H2,1-2H3,(H,22,23). The van der Waals surface area contributed by atoms with Gasteiger partial charge in [0.25, 0.3) is 0 Å². The summed E-state index contributed by atoms with van der Waals surface area (Å²) in [6.07, 6.45) is 1.27. The van der Waals surface area contributed by atoms with E-state index in [1.165, 1.54) is 13.2 Å². The van der Waals surface area contributed by atoms with Gasteiger partial charge in [-0.15, -0.1) is 0 Å². The zero-order valence-corrected chi connectivity index (χ0v) is 15.0. The van der Waals surface area contributed by atoms with Gasteiger partial charge in [-0.25, -0.2) is 4.79 Å². The summed E-state index contributed by atoms with van der Waals surface area (Å²) in [6.45, 7) is 0.549. The van der Waals surface area contributed by atoms with E-state index < -0.39 is 5.97 Å². The minimum absolute atomic E-state index is 0.250. The molecule has 0 bridgehead atoms. The molecule has 0 aliphatic rings. The molecule has 0 aliphatic heterocycles. The van der Waals surface area contributed by atoms with Gasteiger partial charge >= 0.3 is 5.97 Å². The third kappa shape index (κ3) is 5.68. The first kappa shape index (κ1) is 19.7. The van der Waals surface area contributed by atoms with Gasteiger partial charge in [-0.2, -0.15) is 5.26 Å². The lowest BCUT2D eigenvalue weighted by atomic mass is 10.1. The van der Waals surface area contributed by atoms with Crippen molar-refractivity contribution in [2.75, 3.05) is 27.4 Å². The molecule has 0 unspecified atom stereocenters. The van der Waals surface area contributed by atoms with Gasteiger partial charge in [0.2, 0.25) is 0 Å². The predicted octanol–water partition coefficient (Wildman–Crippen LogP) is 3.15. The van der Waals surface area contributed by atoms with E-state index in [1.54, 1.807) is 55.6 Å². The van der Waals surface area contributed by atoms with Crippen LogP contribution in [0.3, 0.4) is 0 Å². The van der Waals surface area contributed by atoms with E-state index in [9.17, 15) is 4.79 Å². The van der Waals surface area contributed by atoms with Crippen LogP contribution in [0.15, 0.2) is 48.0 Å². The Bertz CT molecular complexity index is 852. The van der Waals surface area contributed by atoms with Crippen molar-refractivity contribution in [2.45, 2.75) is 0 Å². The van der Waals surface area contributed by atoms with E-state index in [0.717, 1.165) is 5.75 Å². The average Bonchev–Trinajstić information content (AvgIpc) is 2.69. The average molecular weight is 369 g/mol. The summed E-state index contributed by atoms with van der Waals surface area (Å²) in [7, 11) is 3.10. The first-order valence-electron chi connectivity index (χ1n) is 8.00. The Hall–Kier alpha value is -3.66. The normalized spacial score (nSPS) is 10.6. The van der Waals surface area contributed by atoms with E-state index in [1.807, 2.05) is 0 Å². The number of carbonyl (C=O) groups is 1. The molecule has 7 nitrogen and oxygen atoms in total. The molecule has 2 rings (SSSR count). The molecule has 2 aromatic rings. The van der Waals surface area contributed by atoms with Crippen molar-refractivity contribution < 1.29 is 28.8 Å². The molecule has 0 radical (unpaired) electrons. The quantitative estimate of drug-likeness (QED) is 0.412. The van der Waals surface area contributed by atoms with Gasteiger partial charge in [0.05, 0.1) is 14.2 Å². The highest BCUT2D eigenvalue weighted by molar-refractivity contribution is 5.96. The van der Waals surface area contributed by atoms with Gasteiger partial charge in [0.1, 0.15) is 36.4 Å². The lowest BCUT2D eigenvalue weighted by Crippen LogP contribution is -2.09. The number of carboxylic acid groups (broad SMARTS) is 1. The molecule has 0 saturated carbocycles. The molecule has 7 heteroatoms. The van der Waals surface area contributed by atoms with Gasteiger partial charge in [0, 0.05) is 0 Å². The molecule has 140 valence electrons. The Morgan fingerprint density at radius 2 is 1.67 bits per heavy atom. The number of ether oxygens (including phenoxy) is 4. The topological polar surface area (TPSA) is 98.0 Å². The summed E-state index contributed by atoms with van der Waals surface area (Å²) in [5.41, 5.74) is 0.148. The Morgan fingerprint density at radius 3 is 2.26 bits per heavy atom. The molecule has 1 N–H and O–H groups in total. The fraction of sp³-hybridized carbons (Fsp3) is 0.200. The van der Waals surface area contributed by atoms with Crippen molar-refractivity contribution in [3.05, 3.63) is 53.6 Å². The summed E-state index contributed by atoms with van der Waals surface area (Å²) < 4.78 is 21.6. The van der Waals surface area contributed by atoms with Crippen LogP contribution in [0.4, 0.5) is 0 Å². The molecule has 27 heavy (non-hydrogen) atoms. The Balaban J connectivity index is 2.00. The van der Waals surface area contributed by atoms with Crippen LogP contribution in [0, 0.1) is 11.3 Å². The third-order valence-electron chi connectivity index (χ3n) is 3.52. The Morgan fingerprint density at radius 1 is 1.00 bits per heavy atom. The Labute approximate surface area is 157 Å². The number of hydrogen-bond donors (Lipinski definition) is 1. The van der Waals surface area contributed by atoms with E-state index >= 15 is 0 Å². The Kier molecular flexibility index (Phi) is 7.08. The van der Waals surface area contributed by atoms with Gasteiger partial charge < -0.3 is 24.1 Å². The molecule has 0 saturated heterocycles. The third-order valence-corrected chi connectivity index (χ3v) is 3.52. The maximum absolute atomic E-state index is 11.0. The molecule has 0 spiro atoms. The zero-order valence-electron chi connectivity index (χ0n) is 15.0. The first-order chi connectivity index (χ1) is 13.1. The number of benzene rings is 2. The van der Waals surface area contributed by atoms with Gasteiger partial charge in [-0.1, -0.05) is 6.07 Å². The lowest BCUT2D eigenvalue weighted by molar-refractivity contribution is -0.132. The summed E-state index contributed by atoms with van der Waals surface area (Å²) >= 11 is 0. The fourth-order valence-corrected chi connectivity index (χ4v) is 2.19. The molecule has 0 amide bonds. The molecule has 0 atom stereocenters. The highest BCUT2D eigenvalue weighted by Crippen LogP contribution is 2.29. The predicted molar refractivity (Wildman–Crippen MR) is 98.2 cm³/mol. The number of rotatable bonds is 9. The second-order valence-corrected chi connectivity index (χ2v) is 5.26. The van der Waals surface area contributed by atoms with Crippen LogP contribution in [-0.2, 0) is 4.79 Å². The van der Waals surface area contributed by atoms with E-state index in [2.05, 4.69) is 0 Å². The van der Waals surface area contributed by atoms with Gasteiger partial charge in [-0.3, -0.25) is 0 Å². The van der Waals surface area contributed by atoms with Crippen molar-refractivity contribution >= 4 is 12.0 Å². The number of carboxylic acids is 1. The highest BCUT2D eigenvalue weighted by Gasteiger charge is 2.09. The van der Waals surface area contributed by atoms with Crippen molar-refractivity contribution in [3.63, 3.8) is 0 Å². The van der Waals surface area contributed by atoms with Crippen LogP contribution in [-0.4, -0.2) is 38.5 Å². The molecular formula is C20H19NO6. The summed E-state index contributed by atoms with van der Waals surface area (Å²) in [6, 6.07) is 13.7. The van der Waals surface area contributed by atoms with Gasteiger partial charge in [0.15, 0.2) is 11.5 Å². The SMILES string of the molecule is COc1ccc(OCCOc2cc(C=C(C#N)C(=O)O)ccc2OC)cc1. The number of nitrogens with zero attached hydrogens (tertiary/aromatic N) is 1. The second-order valence-electron chi connectivity index (χ2n) is 5.26. The number of methoxy groups -OCH3 is 2. The molecular weight excluding hydrogens is 350 g/mol. The van der Waals surface area contributed by atoms with Crippen molar-refractivity contribution in [1.82, 2.24) is 0 Å². The monoisotopic (exact) mass is 369 g/mol. The van der Waals surface area contributed by atoms with Crippen LogP contribution in [0.1, 0.15) is 5.56 Å². The largest absolute Gasteiger partial charge is 0.497 e. The smallest absolute Gasteiger partial charge is 0.346 e. The maximum Gasteiger partial charge on any atom is 0.346 e. The van der Waals surface area contributed by atoms with Crippen molar-refractivity contribution in [3.8, 4) is 29.1 Å². The van der Waals surface area contributed by atoms with Crippen LogP contribution < -0.4 is 18.9 Å². The van der Waals surface area contributed by atoms with Crippen LogP contribution in [0.5, 0.6) is 23.0 Å². The molecule has 0 heterocycles. The minimum atomic E-state index is -1.29. The maximum atomic E-state index is 11.0. The lowest BCUT2D eigenvalue weighted by Gasteiger charge is -2.12. The number of nitriles is 1. The second kappa shape index (κ2) is 9.73. The summed E-state index contributed by atoms with van der Waals surface area (Å²) in [4.78, 5) is 11.0. The van der Waals surface area contributed by atoms with Crippen LogP contribution >= 0.6 is 0 Å². The van der Waals surface area contributed by atoms with E-state index in [0.29, 0.717) is 29.4 Å². The molecule has 2 aromatic carbocycles. The molecule has 0 aromatic heterocycles. The summed E-state index contributed by atoms with van der Waals surface area (Å²) in [5, 5.41) is 17.8. The summed E-state index contributed by atoms with van der Waals surface area (Å²) in [5.74, 6) is 1.05. The van der Waals surface area contributed by atoms with E-state index in [4.69, 9.17) is 29.3 Å². The molecule has 0 aliphatic carbocycles. The van der Waals surface area contributed by atoms with Crippen molar-refractivity contribution in [1.29, 1.82) is 5.26 Å². The van der Waals surface area contributed by atoms with Crippen molar-refractivity contribution in [2.24, 2.45) is 0 Å². The molecule has 0 fully saturated rings. The highest BCUT2D eigenvalue weighted by atomic mass is 16.5. The first-order valence-corrected chi connectivity index (χ1v) is 8.00. The van der Waals surface area contributed by atoms with Crippen LogP contribution in [0.2, 0.25) is 0 Å². The number of hydrogen-bond acceptors (Lipinski definition) is 6. The van der Waals surface area contributed by atoms with Crippen LogP contribution in [0.25, 0.3) is 6.08 Å². The van der Waals surface area contributed by atoms with Gasteiger partial charge in [-0.05, 0) is 48.0 Å². The zero-order chi connectivity index (χ0) is 19.6. The fourth-order valence-electron chi connectivity index (χ4n) is 2.19. The van der Waals surface area contributed by atoms with E-state index in [-0.39, 0.29) is 12.2 Å².